The van der Waals surface area contributed by atoms with Crippen LogP contribution in [0, 0.1) is 5.82 Å². The second kappa shape index (κ2) is 7.40. The van der Waals surface area contributed by atoms with Crippen LogP contribution < -0.4 is 10.6 Å². The van der Waals surface area contributed by atoms with E-state index in [0.717, 1.165) is 18.8 Å². The number of halogens is 1. The number of aromatic nitrogens is 2. The van der Waals surface area contributed by atoms with Crippen LogP contribution in [0.4, 0.5) is 21.7 Å². The van der Waals surface area contributed by atoms with Crippen molar-refractivity contribution in [3.8, 4) is 0 Å². The second-order valence-corrected chi connectivity index (χ2v) is 4.20. The van der Waals surface area contributed by atoms with E-state index in [-0.39, 0.29) is 5.82 Å². The molecule has 1 heterocycles. The number of benzene rings is 1. The van der Waals surface area contributed by atoms with Crippen molar-refractivity contribution in [1.29, 1.82) is 0 Å². The monoisotopic (exact) mass is 276 g/mol. The van der Waals surface area contributed by atoms with Gasteiger partial charge in [0.15, 0.2) is 0 Å². The lowest BCUT2D eigenvalue weighted by atomic mass is 10.3. The normalized spacial score (nSPS) is 10.3. The first kappa shape index (κ1) is 14.2. The second-order valence-electron chi connectivity index (χ2n) is 4.20. The lowest BCUT2D eigenvalue weighted by molar-refractivity contribution is 0.198. The maximum atomic E-state index is 13.1. The van der Waals surface area contributed by atoms with Crippen LogP contribution in [-0.4, -0.2) is 30.2 Å². The molecule has 0 aliphatic carbocycles. The van der Waals surface area contributed by atoms with Crippen molar-refractivity contribution < 1.29 is 9.13 Å². The van der Waals surface area contributed by atoms with Crippen molar-refractivity contribution >= 4 is 17.3 Å². The van der Waals surface area contributed by atoms with Gasteiger partial charge in [-0.15, -0.1) is 0 Å². The van der Waals surface area contributed by atoms with Gasteiger partial charge in [-0.3, -0.25) is 0 Å². The van der Waals surface area contributed by atoms with Gasteiger partial charge in [0.05, 0.1) is 0 Å². The zero-order valence-corrected chi connectivity index (χ0v) is 11.3. The maximum absolute atomic E-state index is 13.1. The number of ether oxygens (including phenoxy) is 1. The largest absolute Gasteiger partial charge is 0.385 e. The molecule has 1 aromatic carbocycles. The Balaban J connectivity index is 1.95. The Hall–Kier alpha value is -2.21. The molecule has 1 aromatic heterocycles. The van der Waals surface area contributed by atoms with E-state index in [9.17, 15) is 4.39 Å². The molecule has 20 heavy (non-hydrogen) atoms. The maximum Gasteiger partial charge on any atom is 0.135 e. The molecular weight excluding hydrogens is 259 g/mol. The van der Waals surface area contributed by atoms with Crippen LogP contribution in [0.15, 0.2) is 36.7 Å². The van der Waals surface area contributed by atoms with Crippen LogP contribution in [0.1, 0.15) is 6.42 Å². The third kappa shape index (κ3) is 4.47. The van der Waals surface area contributed by atoms with Gasteiger partial charge in [-0.1, -0.05) is 6.07 Å². The molecule has 0 saturated heterocycles. The van der Waals surface area contributed by atoms with E-state index in [1.54, 1.807) is 25.3 Å². The molecule has 2 aromatic rings. The van der Waals surface area contributed by atoms with Crippen LogP contribution in [0.2, 0.25) is 0 Å². The van der Waals surface area contributed by atoms with Crippen LogP contribution in [0.25, 0.3) is 0 Å². The fraction of sp³-hybridized carbons (Fsp3) is 0.286. The van der Waals surface area contributed by atoms with Gasteiger partial charge in [0.1, 0.15) is 23.8 Å². The first-order valence-corrected chi connectivity index (χ1v) is 6.35. The molecular formula is C14H17FN4O. The van der Waals surface area contributed by atoms with Crippen LogP contribution in [-0.2, 0) is 4.74 Å². The number of hydrogen-bond acceptors (Lipinski definition) is 5. The summed E-state index contributed by atoms with van der Waals surface area (Å²) in [6.45, 7) is 1.47. The predicted molar refractivity (Wildman–Crippen MR) is 76.7 cm³/mol. The molecule has 0 spiro atoms. The van der Waals surface area contributed by atoms with Crippen molar-refractivity contribution in [2.75, 3.05) is 30.9 Å². The SMILES string of the molecule is COCCCNc1cc(Nc2cccc(F)c2)ncn1. The van der Waals surface area contributed by atoms with Gasteiger partial charge in [-0.25, -0.2) is 14.4 Å². The van der Waals surface area contributed by atoms with E-state index in [4.69, 9.17) is 4.74 Å². The summed E-state index contributed by atoms with van der Waals surface area (Å²) in [7, 11) is 1.67. The fourth-order valence-electron chi connectivity index (χ4n) is 1.67. The van der Waals surface area contributed by atoms with E-state index in [1.165, 1.54) is 18.5 Å². The quantitative estimate of drug-likeness (QED) is 0.761. The summed E-state index contributed by atoms with van der Waals surface area (Å²) in [5, 5.41) is 6.20. The Labute approximate surface area is 117 Å². The summed E-state index contributed by atoms with van der Waals surface area (Å²) < 4.78 is 18.1. The summed E-state index contributed by atoms with van der Waals surface area (Å²) in [5.41, 5.74) is 0.647. The molecule has 0 saturated carbocycles. The molecule has 0 unspecified atom stereocenters. The van der Waals surface area contributed by atoms with Crippen molar-refractivity contribution in [3.05, 3.63) is 42.5 Å². The first-order valence-electron chi connectivity index (χ1n) is 6.35. The third-order valence-electron chi connectivity index (χ3n) is 2.60. The molecule has 6 heteroatoms. The third-order valence-corrected chi connectivity index (χ3v) is 2.60. The Kier molecular flexibility index (Phi) is 5.25. The molecule has 0 amide bonds. The Morgan fingerprint density at radius 3 is 2.85 bits per heavy atom. The van der Waals surface area contributed by atoms with Crippen molar-refractivity contribution in [3.63, 3.8) is 0 Å². The van der Waals surface area contributed by atoms with E-state index in [1.807, 2.05) is 0 Å². The molecule has 0 bridgehead atoms. The van der Waals surface area contributed by atoms with E-state index in [0.29, 0.717) is 18.1 Å². The van der Waals surface area contributed by atoms with Gasteiger partial charge < -0.3 is 15.4 Å². The van der Waals surface area contributed by atoms with E-state index < -0.39 is 0 Å². The highest BCUT2D eigenvalue weighted by Crippen LogP contribution is 2.16. The molecule has 5 nitrogen and oxygen atoms in total. The standard InChI is InChI=1S/C14H17FN4O/c1-20-7-3-6-16-13-9-14(18-10-17-13)19-12-5-2-4-11(15)8-12/h2,4-5,8-10H,3,6-7H2,1H3,(H2,16,17,18,19). The summed E-state index contributed by atoms with van der Waals surface area (Å²) in [4.78, 5) is 8.22. The predicted octanol–water partition coefficient (Wildman–Crippen LogP) is 2.81. The smallest absolute Gasteiger partial charge is 0.135 e. The number of rotatable bonds is 7. The van der Waals surface area contributed by atoms with E-state index >= 15 is 0 Å². The lowest BCUT2D eigenvalue weighted by Gasteiger charge is -2.08. The highest BCUT2D eigenvalue weighted by Gasteiger charge is 2.00. The minimum atomic E-state index is -0.290. The minimum Gasteiger partial charge on any atom is -0.385 e. The van der Waals surface area contributed by atoms with E-state index in [2.05, 4.69) is 20.6 Å². The number of nitrogens with one attached hydrogen (secondary N) is 2. The highest BCUT2D eigenvalue weighted by atomic mass is 19.1. The van der Waals surface area contributed by atoms with Crippen LogP contribution >= 0.6 is 0 Å². The van der Waals surface area contributed by atoms with Gasteiger partial charge in [0, 0.05) is 32.0 Å². The summed E-state index contributed by atoms with van der Waals surface area (Å²) in [5.74, 6) is 1.04. The highest BCUT2D eigenvalue weighted by molar-refractivity contribution is 5.58. The van der Waals surface area contributed by atoms with Gasteiger partial charge in [-0.2, -0.15) is 0 Å². The summed E-state index contributed by atoms with van der Waals surface area (Å²) >= 11 is 0. The molecule has 2 N–H and O–H groups in total. The fourth-order valence-corrected chi connectivity index (χ4v) is 1.67. The van der Waals surface area contributed by atoms with Gasteiger partial charge in [-0.05, 0) is 24.6 Å². The molecule has 0 fully saturated rings. The van der Waals surface area contributed by atoms with Crippen LogP contribution in [0.3, 0.4) is 0 Å². The summed E-state index contributed by atoms with van der Waals surface area (Å²) in [6.07, 6.45) is 2.35. The number of hydrogen-bond donors (Lipinski definition) is 2. The molecule has 0 aliphatic heterocycles. The molecule has 0 radical (unpaired) electrons. The number of methoxy groups -OCH3 is 1. The Morgan fingerprint density at radius 1 is 1.20 bits per heavy atom. The Morgan fingerprint density at radius 2 is 2.05 bits per heavy atom. The Bertz CT molecular complexity index is 550. The molecule has 0 aliphatic rings. The van der Waals surface area contributed by atoms with Crippen molar-refractivity contribution in [1.82, 2.24) is 9.97 Å². The lowest BCUT2D eigenvalue weighted by Crippen LogP contribution is -2.06. The average Bonchev–Trinajstić information content (AvgIpc) is 2.44. The number of nitrogens with zero attached hydrogens (tertiary/aromatic N) is 2. The molecule has 2 rings (SSSR count). The van der Waals surface area contributed by atoms with Crippen molar-refractivity contribution in [2.45, 2.75) is 6.42 Å². The molecule has 106 valence electrons. The molecule has 0 atom stereocenters. The van der Waals surface area contributed by atoms with Gasteiger partial charge in [0.2, 0.25) is 0 Å². The van der Waals surface area contributed by atoms with Crippen LogP contribution in [0.5, 0.6) is 0 Å². The zero-order chi connectivity index (χ0) is 14.2. The van der Waals surface area contributed by atoms with Gasteiger partial charge >= 0.3 is 0 Å². The number of anilines is 3. The zero-order valence-electron chi connectivity index (χ0n) is 11.3. The minimum absolute atomic E-state index is 0.290. The average molecular weight is 276 g/mol. The first-order chi connectivity index (χ1) is 9.78. The van der Waals surface area contributed by atoms with Gasteiger partial charge in [0.25, 0.3) is 0 Å². The topological polar surface area (TPSA) is 59.1 Å². The summed E-state index contributed by atoms with van der Waals surface area (Å²) in [6, 6.07) is 8.00. The van der Waals surface area contributed by atoms with Crippen molar-refractivity contribution in [2.24, 2.45) is 0 Å².